The second-order valence-corrected chi connectivity index (χ2v) is 7.98. The molecule has 1 aromatic carbocycles. The molecule has 9 heteroatoms. The number of ether oxygens (including phenoxy) is 1. The number of aromatic nitrogens is 5. The lowest BCUT2D eigenvalue weighted by atomic mass is 10.1. The normalized spacial score (nSPS) is 15.8. The molecule has 2 N–H and O–H groups in total. The highest BCUT2D eigenvalue weighted by molar-refractivity contribution is 6.03. The molecular formula is C19H25N7O2. The van der Waals surface area contributed by atoms with Crippen molar-refractivity contribution in [2.75, 3.05) is 31.6 Å². The first-order valence-corrected chi connectivity index (χ1v) is 9.41. The summed E-state index contributed by atoms with van der Waals surface area (Å²) in [5.41, 5.74) is 2.51. The van der Waals surface area contributed by atoms with Gasteiger partial charge in [-0.1, -0.05) is 5.21 Å². The van der Waals surface area contributed by atoms with Crippen molar-refractivity contribution in [1.82, 2.24) is 29.9 Å². The Balaban J connectivity index is 1.46. The third-order valence-electron chi connectivity index (χ3n) is 4.68. The number of carbonyl (C=O) groups excluding carboxylic acids is 1. The Hall–Kier alpha value is -2.78. The fourth-order valence-electron chi connectivity index (χ4n) is 3.08. The Morgan fingerprint density at radius 1 is 1.29 bits per heavy atom. The van der Waals surface area contributed by atoms with E-state index in [-0.39, 0.29) is 17.1 Å². The maximum atomic E-state index is 12.5. The number of benzene rings is 1. The molecule has 1 amide bonds. The fraction of sp³-hybridized carbons (Fsp3) is 0.474. The van der Waals surface area contributed by atoms with E-state index in [9.17, 15) is 4.79 Å². The molecule has 0 saturated carbocycles. The summed E-state index contributed by atoms with van der Waals surface area (Å²) in [6.45, 7) is 10.1. The summed E-state index contributed by atoms with van der Waals surface area (Å²) < 4.78 is 7.06. The molecule has 1 fully saturated rings. The lowest BCUT2D eigenvalue weighted by Crippen LogP contribution is -2.35. The quantitative estimate of drug-likeness (QED) is 0.715. The number of nitrogens with one attached hydrogen (secondary N) is 2. The van der Waals surface area contributed by atoms with Gasteiger partial charge in [-0.25, -0.2) is 9.67 Å². The molecule has 0 radical (unpaired) electrons. The van der Waals surface area contributed by atoms with Crippen molar-refractivity contribution in [3.8, 4) is 0 Å². The summed E-state index contributed by atoms with van der Waals surface area (Å²) >= 11 is 0. The van der Waals surface area contributed by atoms with Crippen molar-refractivity contribution in [2.24, 2.45) is 0 Å². The maximum Gasteiger partial charge on any atom is 0.277 e. The van der Waals surface area contributed by atoms with Crippen LogP contribution in [0, 0.1) is 0 Å². The number of amides is 1. The molecule has 148 valence electrons. The second-order valence-electron chi connectivity index (χ2n) is 7.98. The van der Waals surface area contributed by atoms with E-state index >= 15 is 0 Å². The zero-order valence-corrected chi connectivity index (χ0v) is 16.4. The lowest BCUT2D eigenvalue weighted by molar-refractivity contribution is 0.0332. The van der Waals surface area contributed by atoms with Crippen LogP contribution in [0.15, 0.2) is 24.4 Å². The van der Waals surface area contributed by atoms with Gasteiger partial charge in [0.05, 0.1) is 42.5 Å². The number of carbonyl (C=O) groups is 1. The van der Waals surface area contributed by atoms with Crippen LogP contribution in [0.25, 0.3) is 11.0 Å². The molecule has 9 nitrogen and oxygen atoms in total. The minimum absolute atomic E-state index is 0.225. The van der Waals surface area contributed by atoms with Crippen LogP contribution in [0.3, 0.4) is 0 Å². The van der Waals surface area contributed by atoms with E-state index in [4.69, 9.17) is 4.74 Å². The summed E-state index contributed by atoms with van der Waals surface area (Å²) in [4.78, 5) is 22.8. The molecule has 0 bridgehead atoms. The molecule has 3 aromatic rings. The van der Waals surface area contributed by atoms with Gasteiger partial charge in [-0.05, 0) is 39.0 Å². The highest BCUT2D eigenvalue weighted by atomic mass is 16.5. The number of H-pyrrole nitrogens is 1. The summed E-state index contributed by atoms with van der Waals surface area (Å²) in [5.74, 6) is 0.622. The largest absolute Gasteiger partial charge is 0.379 e. The summed E-state index contributed by atoms with van der Waals surface area (Å²) in [6.07, 6.45) is 1.66. The number of rotatable bonds is 4. The standard InChI is InChI=1S/C19H25N7O2/c1-19(2,3)26-11-16(23-24-26)18(27)20-13-4-5-14-15(10-13)22-17(21-14)12-25-6-8-28-9-7-25/h4-5,10-11H,6-9,12H2,1-3H3,(H,20,27)(H,21,22). The molecule has 1 aliphatic heterocycles. The molecule has 0 spiro atoms. The van der Waals surface area contributed by atoms with Gasteiger partial charge in [0, 0.05) is 18.8 Å². The van der Waals surface area contributed by atoms with Crippen LogP contribution in [-0.4, -0.2) is 62.1 Å². The number of nitrogens with zero attached hydrogens (tertiary/aromatic N) is 5. The number of hydrogen-bond donors (Lipinski definition) is 2. The van der Waals surface area contributed by atoms with Gasteiger partial charge in [-0.3, -0.25) is 9.69 Å². The van der Waals surface area contributed by atoms with Gasteiger partial charge < -0.3 is 15.0 Å². The summed E-state index contributed by atoms with van der Waals surface area (Å²) in [5, 5.41) is 10.9. The summed E-state index contributed by atoms with van der Waals surface area (Å²) in [7, 11) is 0. The van der Waals surface area contributed by atoms with Crippen LogP contribution in [-0.2, 0) is 16.8 Å². The van der Waals surface area contributed by atoms with E-state index in [1.54, 1.807) is 10.9 Å². The van der Waals surface area contributed by atoms with Gasteiger partial charge in [0.25, 0.3) is 5.91 Å². The predicted molar refractivity (Wildman–Crippen MR) is 105 cm³/mol. The Labute approximate surface area is 163 Å². The minimum atomic E-state index is -0.289. The fourth-order valence-corrected chi connectivity index (χ4v) is 3.08. The molecule has 1 aliphatic rings. The molecule has 0 aliphatic carbocycles. The molecule has 1 saturated heterocycles. The van der Waals surface area contributed by atoms with Crippen LogP contribution in [0.5, 0.6) is 0 Å². The zero-order chi connectivity index (χ0) is 19.7. The van der Waals surface area contributed by atoms with Crippen LogP contribution in [0.2, 0.25) is 0 Å². The number of anilines is 1. The smallest absolute Gasteiger partial charge is 0.277 e. The third-order valence-corrected chi connectivity index (χ3v) is 4.68. The Morgan fingerprint density at radius 3 is 2.79 bits per heavy atom. The molecule has 3 heterocycles. The van der Waals surface area contributed by atoms with Crippen molar-refractivity contribution in [3.63, 3.8) is 0 Å². The summed E-state index contributed by atoms with van der Waals surface area (Å²) in [6, 6.07) is 5.63. The maximum absolute atomic E-state index is 12.5. The Bertz CT molecular complexity index is 980. The molecule has 0 unspecified atom stereocenters. The van der Waals surface area contributed by atoms with Gasteiger partial charge in [0.2, 0.25) is 0 Å². The number of imidazole rings is 1. The average Bonchev–Trinajstić information content (AvgIpc) is 3.28. The molecule has 4 rings (SSSR count). The highest BCUT2D eigenvalue weighted by Crippen LogP contribution is 2.19. The monoisotopic (exact) mass is 383 g/mol. The van der Waals surface area contributed by atoms with E-state index in [2.05, 4.69) is 30.5 Å². The lowest BCUT2D eigenvalue weighted by Gasteiger charge is -2.25. The first-order chi connectivity index (χ1) is 13.4. The Kier molecular flexibility index (Phi) is 4.86. The van der Waals surface area contributed by atoms with E-state index in [0.717, 1.165) is 49.7 Å². The molecular weight excluding hydrogens is 358 g/mol. The van der Waals surface area contributed by atoms with Gasteiger partial charge in [-0.2, -0.15) is 0 Å². The average molecular weight is 383 g/mol. The van der Waals surface area contributed by atoms with Crippen LogP contribution in [0.1, 0.15) is 37.1 Å². The van der Waals surface area contributed by atoms with E-state index in [1.165, 1.54) is 0 Å². The number of aromatic amines is 1. The van der Waals surface area contributed by atoms with Crippen molar-refractivity contribution in [3.05, 3.63) is 35.9 Å². The zero-order valence-electron chi connectivity index (χ0n) is 16.4. The van der Waals surface area contributed by atoms with Crippen LogP contribution in [0.4, 0.5) is 5.69 Å². The highest BCUT2D eigenvalue weighted by Gasteiger charge is 2.19. The minimum Gasteiger partial charge on any atom is -0.379 e. The van der Waals surface area contributed by atoms with Crippen molar-refractivity contribution in [2.45, 2.75) is 32.9 Å². The van der Waals surface area contributed by atoms with Gasteiger partial charge in [-0.15, -0.1) is 5.10 Å². The van der Waals surface area contributed by atoms with Crippen molar-refractivity contribution >= 4 is 22.6 Å². The predicted octanol–water partition coefficient (Wildman–Crippen LogP) is 1.99. The first kappa shape index (κ1) is 18.6. The molecule has 2 aromatic heterocycles. The third kappa shape index (κ3) is 4.05. The van der Waals surface area contributed by atoms with Crippen molar-refractivity contribution in [1.29, 1.82) is 0 Å². The van der Waals surface area contributed by atoms with Crippen LogP contribution < -0.4 is 5.32 Å². The number of hydrogen-bond acceptors (Lipinski definition) is 6. The van der Waals surface area contributed by atoms with Crippen molar-refractivity contribution < 1.29 is 9.53 Å². The number of morpholine rings is 1. The molecule has 28 heavy (non-hydrogen) atoms. The second kappa shape index (κ2) is 7.33. The van der Waals surface area contributed by atoms with E-state index in [0.29, 0.717) is 5.69 Å². The Morgan fingerprint density at radius 2 is 2.07 bits per heavy atom. The van der Waals surface area contributed by atoms with Gasteiger partial charge in [0.15, 0.2) is 5.69 Å². The number of fused-ring (bicyclic) bond motifs is 1. The van der Waals surface area contributed by atoms with Crippen LogP contribution >= 0.6 is 0 Å². The van der Waals surface area contributed by atoms with E-state index < -0.39 is 0 Å². The SMILES string of the molecule is CC(C)(C)n1cc(C(=O)Nc2ccc3nc(CN4CCOCC4)[nH]c3c2)nn1. The molecule has 0 atom stereocenters. The first-order valence-electron chi connectivity index (χ1n) is 9.41. The van der Waals surface area contributed by atoms with Gasteiger partial charge in [0.1, 0.15) is 5.82 Å². The van der Waals surface area contributed by atoms with Gasteiger partial charge >= 0.3 is 0 Å². The topological polar surface area (TPSA) is 101 Å². The van der Waals surface area contributed by atoms with E-state index in [1.807, 2.05) is 39.0 Å².